The first kappa shape index (κ1) is 25.6. The molecule has 0 bridgehead atoms. The zero-order valence-corrected chi connectivity index (χ0v) is 20.1. The van der Waals surface area contributed by atoms with Crippen LogP contribution in [0.25, 0.3) is 0 Å². The number of rotatable bonds is 5. The summed E-state index contributed by atoms with van der Waals surface area (Å²) in [6, 6.07) is 4.90. The minimum Gasteiger partial charge on any atom is -0.491 e. The van der Waals surface area contributed by atoms with E-state index < -0.39 is 0 Å². The molecule has 32 heavy (non-hydrogen) atoms. The van der Waals surface area contributed by atoms with Crippen molar-refractivity contribution in [3.05, 3.63) is 23.8 Å². The van der Waals surface area contributed by atoms with Gasteiger partial charge in [-0.25, -0.2) is 0 Å². The van der Waals surface area contributed by atoms with E-state index in [0.29, 0.717) is 42.9 Å². The molecule has 0 aromatic heterocycles. The number of ether oxygens (including phenoxy) is 2. The van der Waals surface area contributed by atoms with Crippen LogP contribution in [0.3, 0.4) is 0 Å². The van der Waals surface area contributed by atoms with Gasteiger partial charge in [0.15, 0.2) is 0 Å². The van der Waals surface area contributed by atoms with Crippen LogP contribution < -0.4 is 10.1 Å². The Morgan fingerprint density at radius 3 is 2.56 bits per heavy atom. The maximum absolute atomic E-state index is 13.3. The average Bonchev–Trinajstić information content (AvgIpc) is 2.77. The van der Waals surface area contributed by atoms with Crippen molar-refractivity contribution < 1.29 is 23.9 Å². The summed E-state index contributed by atoms with van der Waals surface area (Å²) in [7, 11) is 3.34. The molecule has 0 unspecified atom stereocenters. The van der Waals surface area contributed by atoms with Crippen LogP contribution in [0.1, 0.15) is 57.3 Å². The number of hydrogen-bond donors (Lipinski definition) is 1. The summed E-state index contributed by atoms with van der Waals surface area (Å²) < 4.78 is 11.7. The van der Waals surface area contributed by atoms with Crippen LogP contribution in [-0.4, -0.2) is 73.5 Å². The molecule has 8 heteroatoms. The molecule has 0 saturated heterocycles. The molecular formula is C24H37N3O5. The largest absolute Gasteiger partial charge is 0.491 e. The summed E-state index contributed by atoms with van der Waals surface area (Å²) in [5.41, 5.74) is 0.914. The molecule has 0 saturated carbocycles. The number of benzene rings is 1. The van der Waals surface area contributed by atoms with E-state index in [1.807, 2.05) is 32.6 Å². The number of carbonyl (C=O) groups is 3. The van der Waals surface area contributed by atoms with Gasteiger partial charge in [0.1, 0.15) is 12.4 Å². The topological polar surface area (TPSA) is 88.2 Å². The Labute approximate surface area is 191 Å². The van der Waals surface area contributed by atoms with E-state index in [4.69, 9.17) is 9.47 Å². The summed E-state index contributed by atoms with van der Waals surface area (Å²) in [4.78, 5) is 41.4. The van der Waals surface area contributed by atoms with Crippen LogP contribution in [-0.2, 0) is 14.3 Å². The first-order chi connectivity index (χ1) is 15.2. The molecule has 3 amide bonds. The standard InChI is InChI=1S/C24H37N3O5/c1-7-9-22(28)25-18-10-11-20-19(12-18)24(30)26(5)14-21(31-6)16(3)13-27(23(29)8-2)17(4)15-32-20/h10-12,16-17,21H,7-9,13-15H2,1-6H3,(H,25,28)/t16-,17+,21+/m0/s1. The number of amides is 3. The molecule has 8 nitrogen and oxygen atoms in total. The maximum Gasteiger partial charge on any atom is 0.257 e. The minimum atomic E-state index is -0.237. The van der Waals surface area contributed by atoms with Crippen LogP contribution in [0.4, 0.5) is 5.69 Å². The smallest absolute Gasteiger partial charge is 0.257 e. The first-order valence-corrected chi connectivity index (χ1v) is 11.4. The van der Waals surface area contributed by atoms with Crippen molar-refractivity contribution in [3.8, 4) is 5.75 Å². The molecule has 1 N–H and O–H groups in total. The lowest BCUT2D eigenvalue weighted by molar-refractivity contribution is -0.135. The van der Waals surface area contributed by atoms with Crippen LogP contribution in [0.5, 0.6) is 5.75 Å². The van der Waals surface area contributed by atoms with Gasteiger partial charge in [-0.2, -0.15) is 0 Å². The van der Waals surface area contributed by atoms with Crippen molar-refractivity contribution in [2.75, 3.05) is 39.2 Å². The quantitative estimate of drug-likeness (QED) is 0.749. The van der Waals surface area contributed by atoms with Crippen molar-refractivity contribution in [1.82, 2.24) is 9.80 Å². The number of anilines is 1. The Morgan fingerprint density at radius 2 is 1.94 bits per heavy atom. The van der Waals surface area contributed by atoms with Gasteiger partial charge in [-0.05, 0) is 31.5 Å². The average molecular weight is 448 g/mol. The van der Waals surface area contributed by atoms with E-state index in [1.165, 1.54) is 0 Å². The Kier molecular flexibility index (Phi) is 9.50. The maximum atomic E-state index is 13.3. The molecule has 1 aliphatic heterocycles. The lowest BCUT2D eigenvalue weighted by atomic mass is 10.0. The number of likely N-dealkylation sites (N-methyl/N-ethyl adjacent to an activating group) is 1. The van der Waals surface area contributed by atoms with Gasteiger partial charge in [-0.15, -0.1) is 0 Å². The van der Waals surface area contributed by atoms with Gasteiger partial charge >= 0.3 is 0 Å². The number of methoxy groups -OCH3 is 1. The van der Waals surface area contributed by atoms with E-state index in [9.17, 15) is 14.4 Å². The van der Waals surface area contributed by atoms with Crippen molar-refractivity contribution in [2.24, 2.45) is 5.92 Å². The fourth-order valence-corrected chi connectivity index (χ4v) is 3.86. The van der Waals surface area contributed by atoms with Crippen LogP contribution in [0.2, 0.25) is 0 Å². The highest BCUT2D eigenvalue weighted by atomic mass is 16.5. The zero-order chi connectivity index (χ0) is 23.8. The fourth-order valence-electron chi connectivity index (χ4n) is 3.86. The van der Waals surface area contributed by atoms with Gasteiger partial charge in [0.25, 0.3) is 5.91 Å². The third kappa shape index (κ3) is 6.45. The van der Waals surface area contributed by atoms with Gasteiger partial charge in [0, 0.05) is 51.7 Å². The second-order valence-corrected chi connectivity index (χ2v) is 8.51. The van der Waals surface area contributed by atoms with E-state index in [1.54, 1.807) is 37.3 Å². The summed E-state index contributed by atoms with van der Waals surface area (Å²) in [5.74, 6) is 0.187. The van der Waals surface area contributed by atoms with Gasteiger partial charge in [-0.1, -0.05) is 20.8 Å². The number of hydrogen-bond acceptors (Lipinski definition) is 5. The molecule has 178 valence electrons. The predicted octanol–water partition coefficient (Wildman–Crippen LogP) is 3.17. The van der Waals surface area contributed by atoms with E-state index in [2.05, 4.69) is 5.32 Å². The van der Waals surface area contributed by atoms with Gasteiger partial charge in [0.2, 0.25) is 11.8 Å². The number of fused-ring (bicyclic) bond motifs is 1. The Morgan fingerprint density at radius 1 is 1.22 bits per heavy atom. The number of carbonyl (C=O) groups excluding carboxylic acids is 3. The lowest BCUT2D eigenvalue weighted by Gasteiger charge is -2.36. The van der Waals surface area contributed by atoms with Gasteiger partial charge < -0.3 is 24.6 Å². The van der Waals surface area contributed by atoms with Crippen molar-refractivity contribution in [3.63, 3.8) is 0 Å². The Bertz CT molecular complexity index is 813. The zero-order valence-electron chi connectivity index (χ0n) is 20.1. The number of nitrogens with one attached hydrogen (secondary N) is 1. The van der Waals surface area contributed by atoms with E-state index in [-0.39, 0.29) is 42.4 Å². The SMILES string of the molecule is CCCC(=O)Nc1ccc2c(c1)C(=O)N(C)C[C@@H](OC)[C@@H](C)CN(C(=O)CC)[C@H](C)CO2. The minimum absolute atomic E-state index is 0.0202. The molecule has 0 fully saturated rings. The van der Waals surface area contributed by atoms with Crippen molar-refractivity contribution in [2.45, 2.75) is 59.1 Å². The number of nitrogens with zero attached hydrogens (tertiary/aromatic N) is 2. The predicted molar refractivity (Wildman–Crippen MR) is 124 cm³/mol. The molecule has 0 aliphatic carbocycles. The highest BCUT2D eigenvalue weighted by Gasteiger charge is 2.29. The molecule has 1 aliphatic rings. The Balaban J connectivity index is 2.43. The monoisotopic (exact) mass is 447 g/mol. The molecule has 2 rings (SSSR count). The van der Waals surface area contributed by atoms with Gasteiger partial charge in [-0.3, -0.25) is 14.4 Å². The summed E-state index contributed by atoms with van der Waals surface area (Å²) in [5, 5.41) is 2.84. The van der Waals surface area contributed by atoms with Crippen molar-refractivity contribution in [1.29, 1.82) is 0 Å². The summed E-state index contributed by atoms with van der Waals surface area (Å²) >= 11 is 0. The molecule has 1 aromatic carbocycles. The second kappa shape index (κ2) is 11.9. The third-order valence-corrected chi connectivity index (χ3v) is 5.83. The molecule has 1 aromatic rings. The molecule has 0 radical (unpaired) electrons. The molecule has 1 heterocycles. The second-order valence-electron chi connectivity index (χ2n) is 8.51. The van der Waals surface area contributed by atoms with Crippen LogP contribution in [0.15, 0.2) is 18.2 Å². The van der Waals surface area contributed by atoms with E-state index >= 15 is 0 Å². The summed E-state index contributed by atoms with van der Waals surface area (Å²) in [6.45, 7) is 8.89. The van der Waals surface area contributed by atoms with Crippen LogP contribution >= 0.6 is 0 Å². The van der Waals surface area contributed by atoms with Crippen molar-refractivity contribution >= 4 is 23.4 Å². The third-order valence-electron chi connectivity index (χ3n) is 5.83. The highest BCUT2D eigenvalue weighted by Crippen LogP contribution is 2.26. The highest BCUT2D eigenvalue weighted by molar-refractivity contribution is 5.99. The fraction of sp³-hybridized carbons (Fsp3) is 0.625. The Hall–Kier alpha value is -2.61. The molecule has 0 spiro atoms. The lowest BCUT2D eigenvalue weighted by Crippen LogP contribution is -2.48. The van der Waals surface area contributed by atoms with Gasteiger partial charge in [0.05, 0.1) is 17.7 Å². The summed E-state index contributed by atoms with van der Waals surface area (Å²) in [6.07, 6.45) is 1.32. The van der Waals surface area contributed by atoms with Crippen LogP contribution in [0, 0.1) is 5.92 Å². The molecular weight excluding hydrogens is 410 g/mol. The molecule has 3 atom stereocenters. The first-order valence-electron chi connectivity index (χ1n) is 11.4. The normalized spacial score (nSPS) is 22.3. The van der Waals surface area contributed by atoms with E-state index in [0.717, 1.165) is 6.42 Å².